The number of hydrogen-bond acceptors (Lipinski definition) is 3. The fraction of sp³-hybridized carbons (Fsp3) is 0.636. The molecule has 1 aromatic carbocycles. The van der Waals surface area contributed by atoms with Crippen LogP contribution in [0.5, 0.6) is 0 Å². The predicted molar refractivity (Wildman–Crippen MR) is 105 cm³/mol. The van der Waals surface area contributed by atoms with E-state index in [1.807, 2.05) is 0 Å². The molecule has 0 radical (unpaired) electrons. The Morgan fingerprint density at radius 3 is 2.42 bits per heavy atom. The van der Waals surface area contributed by atoms with Crippen LogP contribution in [0.3, 0.4) is 0 Å². The molecule has 0 saturated carbocycles. The van der Waals surface area contributed by atoms with Gasteiger partial charge in [-0.2, -0.15) is 0 Å². The third kappa shape index (κ3) is 8.50. The average molecular weight is 363 g/mol. The number of aryl methyl sites for hydroxylation is 1. The summed E-state index contributed by atoms with van der Waals surface area (Å²) in [5.41, 5.74) is 1.52. The van der Waals surface area contributed by atoms with Crippen LogP contribution in [0.1, 0.15) is 98.4 Å². The predicted octanol–water partition coefficient (Wildman–Crippen LogP) is 5.88. The molecule has 1 aromatic rings. The van der Waals surface area contributed by atoms with Crippen LogP contribution in [0.25, 0.3) is 0 Å². The van der Waals surface area contributed by atoms with Gasteiger partial charge in [-0.25, -0.2) is 9.59 Å². The molecule has 0 aliphatic carbocycles. The van der Waals surface area contributed by atoms with E-state index in [1.165, 1.54) is 25.3 Å². The molecule has 0 saturated heterocycles. The molecule has 0 aliphatic rings. The Bertz CT molecular complexity index is 563. The summed E-state index contributed by atoms with van der Waals surface area (Å²) >= 11 is 0. The number of hydrogen-bond donors (Lipinski definition) is 1. The van der Waals surface area contributed by atoms with Crippen molar-refractivity contribution >= 4 is 11.9 Å². The number of carbonyl (C=O) groups excluding carboxylic acids is 1. The van der Waals surface area contributed by atoms with Gasteiger partial charge in [0, 0.05) is 0 Å². The molecule has 0 heterocycles. The van der Waals surface area contributed by atoms with E-state index >= 15 is 0 Å². The zero-order chi connectivity index (χ0) is 19.4. The van der Waals surface area contributed by atoms with Crippen molar-refractivity contribution in [3.63, 3.8) is 0 Å². The summed E-state index contributed by atoms with van der Waals surface area (Å²) < 4.78 is 5.36. The molecule has 4 nitrogen and oxygen atoms in total. The lowest BCUT2D eigenvalue weighted by molar-refractivity contribution is 0.0495. The lowest BCUT2D eigenvalue weighted by Gasteiger charge is -2.11. The third-order valence-corrected chi connectivity index (χ3v) is 4.53. The van der Waals surface area contributed by atoms with E-state index in [1.54, 1.807) is 12.1 Å². The average Bonchev–Trinajstić information content (AvgIpc) is 2.61. The maximum absolute atomic E-state index is 12.4. The Hall–Kier alpha value is -1.84. The van der Waals surface area contributed by atoms with Crippen molar-refractivity contribution in [3.05, 3.63) is 34.9 Å². The van der Waals surface area contributed by atoms with E-state index in [2.05, 4.69) is 20.8 Å². The summed E-state index contributed by atoms with van der Waals surface area (Å²) in [6.45, 7) is 6.99. The van der Waals surface area contributed by atoms with Crippen LogP contribution in [0.4, 0.5) is 0 Å². The van der Waals surface area contributed by atoms with Gasteiger partial charge in [0.15, 0.2) is 0 Å². The Morgan fingerprint density at radius 1 is 1.04 bits per heavy atom. The Morgan fingerprint density at radius 2 is 1.77 bits per heavy atom. The molecular weight excluding hydrogens is 328 g/mol. The lowest BCUT2D eigenvalue weighted by Crippen LogP contribution is -2.11. The summed E-state index contributed by atoms with van der Waals surface area (Å²) in [7, 11) is 0. The fourth-order valence-corrected chi connectivity index (χ4v) is 2.95. The number of esters is 1. The van der Waals surface area contributed by atoms with Crippen molar-refractivity contribution in [1.29, 1.82) is 0 Å². The second kappa shape index (κ2) is 12.5. The Kier molecular flexibility index (Phi) is 10.7. The van der Waals surface area contributed by atoms with Crippen LogP contribution in [0, 0.1) is 5.92 Å². The van der Waals surface area contributed by atoms with E-state index < -0.39 is 5.97 Å². The molecule has 26 heavy (non-hydrogen) atoms. The van der Waals surface area contributed by atoms with Gasteiger partial charge in [-0.3, -0.25) is 0 Å². The van der Waals surface area contributed by atoms with Crippen molar-refractivity contribution in [2.45, 2.75) is 78.6 Å². The van der Waals surface area contributed by atoms with Crippen LogP contribution in [-0.4, -0.2) is 23.7 Å². The number of rotatable bonds is 13. The van der Waals surface area contributed by atoms with Gasteiger partial charge in [0.05, 0.1) is 17.7 Å². The second-order valence-corrected chi connectivity index (χ2v) is 7.37. The maximum atomic E-state index is 12.4. The standard InChI is InChI=1S/C22H34O4/c1-4-5-10-15-26-22(25)20-14-13-19(21(23)24)16-18(20)12-9-7-6-8-11-17(2)3/h13-14,16-17H,4-12,15H2,1-3H3,(H,23,24). The van der Waals surface area contributed by atoms with Gasteiger partial charge in [0.25, 0.3) is 0 Å². The number of unbranched alkanes of at least 4 members (excludes halogenated alkanes) is 5. The normalized spacial score (nSPS) is 10.9. The first-order chi connectivity index (χ1) is 12.5. The minimum atomic E-state index is -0.967. The van der Waals surface area contributed by atoms with E-state index in [0.29, 0.717) is 18.6 Å². The zero-order valence-corrected chi connectivity index (χ0v) is 16.6. The highest BCUT2D eigenvalue weighted by Gasteiger charge is 2.15. The smallest absolute Gasteiger partial charge is 0.338 e. The molecule has 146 valence electrons. The van der Waals surface area contributed by atoms with Crippen LogP contribution in [0.15, 0.2) is 18.2 Å². The fourth-order valence-electron chi connectivity index (χ4n) is 2.95. The van der Waals surface area contributed by atoms with Crippen LogP contribution < -0.4 is 0 Å². The van der Waals surface area contributed by atoms with Crippen molar-refractivity contribution < 1.29 is 19.4 Å². The number of carboxylic acids is 1. The molecule has 0 aromatic heterocycles. The third-order valence-electron chi connectivity index (χ3n) is 4.53. The van der Waals surface area contributed by atoms with E-state index in [9.17, 15) is 14.7 Å². The van der Waals surface area contributed by atoms with Crippen LogP contribution in [-0.2, 0) is 11.2 Å². The lowest BCUT2D eigenvalue weighted by atomic mass is 9.97. The van der Waals surface area contributed by atoms with Crippen molar-refractivity contribution in [1.82, 2.24) is 0 Å². The number of ether oxygens (including phenoxy) is 1. The molecule has 0 bridgehead atoms. The summed E-state index contributed by atoms with van der Waals surface area (Å²) in [5.74, 6) is -0.574. The molecule has 0 fully saturated rings. The van der Waals surface area contributed by atoms with E-state index in [0.717, 1.165) is 43.6 Å². The first-order valence-corrected chi connectivity index (χ1v) is 9.99. The first-order valence-electron chi connectivity index (χ1n) is 9.99. The number of carbonyl (C=O) groups is 2. The second-order valence-electron chi connectivity index (χ2n) is 7.37. The Labute approximate surface area is 158 Å². The largest absolute Gasteiger partial charge is 0.478 e. The highest BCUT2D eigenvalue weighted by molar-refractivity contribution is 5.94. The molecule has 1 rings (SSSR count). The first kappa shape index (κ1) is 22.2. The Balaban J connectivity index is 2.65. The summed E-state index contributed by atoms with van der Waals surface area (Å²) in [5, 5.41) is 9.22. The highest BCUT2D eigenvalue weighted by atomic mass is 16.5. The minimum absolute atomic E-state index is 0.224. The summed E-state index contributed by atoms with van der Waals surface area (Å²) in [6, 6.07) is 4.70. The SMILES string of the molecule is CCCCCOC(=O)c1ccc(C(=O)O)cc1CCCCCCC(C)C. The molecular formula is C22H34O4. The molecule has 0 unspecified atom stereocenters. The highest BCUT2D eigenvalue weighted by Crippen LogP contribution is 2.18. The van der Waals surface area contributed by atoms with Gasteiger partial charge >= 0.3 is 11.9 Å². The molecule has 0 spiro atoms. The quantitative estimate of drug-likeness (QED) is 0.351. The molecule has 0 atom stereocenters. The van der Waals surface area contributed by atoms with Crippen molar-refractivity contribution in [2.75, 3.05) is 6.61 Å². The van der Waals surface area contributed by atoms with Crippen molar-refractivity contribution in [3.8, 4) is 0 Å². The van der Waals surface area contributed by atoms with Crippen LogP contribution in [0.2, 0.25) is 0 Å². The van der Waals surface area contributed by atoms with Gasteiger partial charge in [-0.05, 0) is 48.9 Å². The number of carboxylic acid groups (broad SMARTS) is 1. The van der Waals surface area contributed by atoms with Crippen molar-refractivity contribution in [2.24, 2.45) is 5.92 Å². The van der Waals surface area contributed by atoms with Gasteiger partial charge in [-0.1, -0.05) is 59.3 Å². The number of aromatic carboxylic acids is 1. The molecule has 0 aliphatic heterocycles. The summed E-state index contributed by atoms with van der Waals surface area (Å²) in [4.78, 5) is 23.6. The van der Waals surface area contributed by atoms with Gasteiger partial charge in [0.2, 0.25) is 0 Å². The molecule has 1 N–H and O–H groups in total. The zero-order valence-electron chi connectivity index (χ0n) is 16.6. The van der Waals surface area contributed by atoms with Crippen LogP contribution >= 0.6 is 0 Å². The monoisotopic (exact) mass is 362 g/mol. The molecule has 0 amide bonds. The molecule has 4 heteroatoms. The summed E-state index contributed by atoms with van der Waals surface area (Å²) in [6.07, 6.45) is 9.37. The minimum Gasteiger partial charge on any atom is -0.478 e. The van der Waals surface area contributed by atoms with E-state index in [4.69, 9.17) is 4.74 Å². The van der Waals surface area contributed by atoms with E-state index in [-0.39, 0.29) is 11.5 Å². The van der Waals surface area contributed by atoms with Gasteiger partial charge in [-0.15, -0.1) is 0 Å². The number of benzene rings is 1. The van der Waals surface area contributed by atoms with Gasteiger partial charge in [0.1, 0.15) is 0 Å². The maximum Gasteiger partial charge on any atom is 0.338 e. The topological polar surface area (TPSA) is 63.6 Å². The van der Waals surface area contributed by atoms with Gasteiger partial charge < -0.3 is 9.84 Å².